The van der Waals surface area contributed by atoms with E-state index in [2.05, 4.69) is 27.5 Å². The minimum atomic E-state index is -0.392. The Morgan fingerprint density at radius 3 is 2.61 bits per heavy atom. The van der Waals surface area contributed by atoms with Crippen LogP contribution < -0.4 is 11.1 Å². The highest BCUT2D eigenvalue weighted by atomic mass is 35.5. The summed E-state index contributed by atoms with van der Waals surface area (Å²) in [6.07, 6.45) is 5.05. The molecule has 2 saturated heterocycles. The highest BCUT2D eigenvalue weighted by molar-refractivity contribution is 7.09. The van der Waals surface area contributed by atoms with Crippen molar-refractivity contribution in [3.05, 3.63) is 16.1 Å². The van der Waals surface area contributed by atoms with Gasteiger partial charge in [0.1, 0.15) is 0 Å². The Balaban J connectivity index is 0.00000196. The second-order valence-corrected chi connectivity index (χ2v) is 8.47. The number of piperidine rings is 1. The molecule has 2 aliphatic heterocycles. The van der Waals surface area contributed by atoms with Gasteiger partial charge in [0.15, 0.2) is 0 Å². The molecule has 3 heterocycles. The zero-order valence-corrected chi connectivity index (χ0v) is 19.1. The minimum absolute atomic E-state index is 0. The predicted molar refractivity (Wildman–Crippen MR) is 119 cm³/mol. The average Bonchev–Trinajstić information content (AvgIpc) is 3.15. The Morgan fingerprint density at radius 2 is 2.00 bits per heavy atom. The van der Waals surface area contributed by atoms with Crippen LogP contribution in [-0.2, 0) is 22.5 Å². The van der Waals surface area contributed by atoms with Crippen LogP contribution in [0.2, 0.25) is 0 Å². The SMILES string of the molecule is CCc1nc(CN2CCC(CNC(=O)C(N)C3CCOCC3)CC2)cs1.Cl.Cl. The van der Waals surface area contributed by atoms with Crippen molar-refractivity contribution >= 4 is 42.1 Å². The van der Waals surface area contributed by atoms with E-state index in [4.69, 9.17) is 10.5 Å². The molecule has 1 aromatic heterocycles. The number of aromatic nitrogens is 1. The fraction of sp³-hybridized carbons (Fsp3) is 0.789. The monoisotopic (exact) mass is 452 g/mol. The zero-order chi connectivity index (χ0) is 18.4. The summed E-state index contributed by atoms with van der Waals surface area (Å²) in [6.45, 7) is 7.45. The third kappa shape index (κ3) is 7.43. The largest absolute Gasteiger partial charge is 0.381 e. The molecule has 1 aromatic rings. The number of carbonyl (C=O) groups is 1. The normalized spacial score (nSPS) is 20.1. The number of rotatable bonds is 7. The second-order valence-electron chi connectivity index (χ2n) is 7.53. The number of carbonyl (C=O) groups excluding carboxylic acids is 1. The molecule has 28 heavy (non-hydrogen) atoms. The summed E-state index contributed by atoms with van der Waals surface area (Å²) in [5.74, 6) is 0.823. The average molecular weight is 453 g/mol. The van der Waals surface area contributed by atoms with Crippen molar-refractivity contribution in [2.75, 3.05) is 32.8 Å². The molecule has 0 bridgehead atoms. The molecule has 0 radical (unpaired) electrons. The third-order valence-electron chi connectivity index (χ3n) is 5.64. The molecule has 0 saturated carbocycles. The van der Waals surface area contributed by atoms with E-state index in [9.17, 15) is 4.79 Å². The van der Waals surface area contributed by atoms with E-state index in [1.165, 1.54) is 10.7 Å². The summed E-state index contributed by atoms with van der Waals surface area (Å²) >= 11 is 1.76. The molecule has 0 spiro atoms. The summed E-state index contributed by atoms with van der Waals surface area (Å²) in [6, 6.07) is -0.392. The molecule has 0 aliphatic carbocycles. The van der Waals surface area contributed by atoms with Gasteiger partial charge in [0.25, 0.3) is 0 Å². The lowest BCUT2D eigenvalue weighted by atomic mass is 9.91. The van der Waals surface area contributed by atoms with Gasteiger partial charge in [-0.25, -0.2) is 4.98 Å². The van der Waals surface area contributed by atoms with Crippen LogP contribution in [0.5, 0.6) is 0 Å². The number of amides is 1. The van der Waals surface area contributed by atoms with Gasteiger partial charge in [0.05, 0.1) is 16.7 Å². The van der Waals surface area contributed by atoms with Gasteiger partial charge in [0.2, 0.25) is 5.91 Å². The van der Waals surface area contributed by atoms with Gasteiger partial charge in [-0.3, -0.25) is 9.69 Å². The first-order valence-corrected chi connectivity index (χ1v) is 10.8. The van der Waals surface area contributed by atoms with Gasteiger partial charge in [-0.2, -0.15) is 0 Å². The number of halogens is 2. The number of nitrogens with one attached hydrogen (secondary N) is 1. The Hall–Kier alpha value is -0.440. The molecule has 2 aliphatic rings. The van der Waals surface area contributed by atoms with E-state index in [-0.39, 0.29) is 36.6 Å². The van der Waals surface area contributed by atoms with Gasteiger partial charge in [-0.15, -0.1) is 36.2 Å². The van der Waals surface area contributed by atoms with Crippen LogP contribution >= 0.6 is 36.2 Å². The van der Waals surface area contributed by atoms with Crippen molar-refractivity contribution < 1.29 is 9.53 Å². The van der Waals surface area contributed by atoms with Crippen molar-refractivity contribution in [3.8, 4) is 0 Å². The number of hydrogen-bond donors (Lipinski definition) is 2. The summed E-state index contributed by atoms with van der Waals surface area (Å²) in [7, 11) is 0. The molecular formula is C19H34Cl2N4O2S. The van der Waals surface area contributed by atoms with Crippen molar-refractivity contribution in [2.45, 2.75) is 51.6 Å². The standard InChI is InChI=1S/C19H32N4O2S.2ClH/c1-2-17-22-16(13-26-17)12-23-7-3-14(4-8-23)11-21-19(24)18(20)15-5-9-25-10-6-15;;/h13-15,18H,2-12,20H2,1H3,(H,21,24);2*1H. The van der Waals surface area contributed by atoms with Crippen LogP contribution in [0.25, 0.3) is 0 Å². The molecule has 3 rings (SSSR count). The second kappa shape index (κ2) is 13.0. The smallest absolute Gasteiger partial charge is 0.237 e. The Kier molecular flexibility index (Phi) is 11.9. The number of ether oxygens (including phenoxy) is 1. The first-order valence-electron chi connectivity index (χ1n) is 9.92. The fourth-order valence-electron chi connectivity index (χ4n) is 3.81. The van der Waals surface area contributed by atoms with Gasteiger partial charge < -0.3 is 15.8 Å². The Bertz CT molecular complexity index is 576. The lowest BCUT2D eigenvalue weighted by Gasteiger charge is -2.32. The van der Waals surface area contributed by atoms with Crippen LogP contribution in [0, 0.1) is 11.8 Å². The molecule has 3 N–H and O–H groups in total. The zero-order valence-electron chi connectivity index (χ0n) is 16.6. The van der Waals surface area contributed by atoms with Crippen LogP contribution in [0.1, 0.15) is 43.3 Å². The molecule has 9 heteroatoms. The van der Waals surface area contributed by atoms with E-state index < -0.39 is 6.04 Å². The molecule has 0 aromatic carbocycles. The summed E-state index contributed by atoms with van der Waals surface area (Å²) in [5.41, 5.74) is 7.34. The molecular weight excluding hydrogens is 419 g/mol. The summed E-state index contributed by atoms with van der Waals surface area (Å²) in [5, 5.41) is 6.50. The van der Waals surface area contributed by atoms with Gasteiger partial charge in [-0.1, -0.05) is 6.92 Å². The van der Waals surface area contributed by atoms with Crippen molar-refractivity contribution in [2.24, 2.45) is 17.6 Å². The highest BCUT2D eigenvalue weighted by Gasteiger charge is 2.27. The number of likely N-dealkylation sites (tertiary alicyclic amines) is 1. The molecule has 162 valence electrons. The van der Waals surface area contributed by atoms with Crippen molar-refractivity contribution in [1.29, 1.82) is 0 Å². The number of nitrogens with zero attached hydrogens (tertiary/aromatic N) is 2. The third-order valence-corrected chi connectivity index (χ3v) is 6.68. The maximum Gasteiger partial charge on any atom is 0.237 e. The van der Waals surface area contributed by atoms with E-state index in [0.717, 1.165) is 71.5 Å². The maximum atomic E-state index is 12.3. The van der Waals surface area contributed by atoms with E-state index in [1.807, 2.05) is 0 Å². The molecule has 2 fully saturated rings. The van der Waals surface area contributed by atoms with Gasteiger partial charge in [0, 0.05) is 31.7 Å². The number of hydrogen-bond acceptors (Lipinski definition) is 6. The van der Waals surface area contributed by atoms with E-state index in [0.29, 0.717) is 5.92 Å². The topological polar surface area (TPSA) is 80.5 Å². The minimum Gasteiger partial charge on any atom is -0.381 e. The predicted octanol–water partition coefficient (Wildman–Crippen LogP) is 2.63. The first-order chi connectivity index (χ1) is 12.7. The fourth-order valence-corrected chi connectivity index (χ4v) is 4.55. The van der Waals surface area contributed by atoms with Crippen LogP contribution in [0.3, 0.4) is 0 Å². The Morgan fingerprint density at radius 1 is 1.32 bits per heavy atom. The van der Waals surface area contributed by atoms with E-state index in [1.54, 1.807) is 11.3 Å². The van der Waals surface area contributed by atoms with Gasteiger partial charge in [-0.05, 0) is 57.0 Å². The number of thiazole rings is 1. The van der Waals surface area contributed by atoms with Crippen LogP contribution in [0.15, 0.2) is 5.38 Å². The Labute approximate surface area is 184 Å². The van der Waals surface area contributed by atoms with Crippen molar-refractivity contribution in [3.63, 3.8) is 0 Å². The lowest BCUT2D eigenvalue weighted by molar-refractivity contribution is -0.124. The van der Waals surface area contributed by atoms with Crippen molar-refractivity contribution in [1.82, 2.24) is 15.2 Å². The summed E-state index contributed by atoms with van der Waals surface area (Å²) in [4.78, 5) is 19.5. The quantitative estimate of drug-likeness (QED) is 0.664. The molecule has 6 nitrogen and oxygen atoms in total. The first kappa shape index (κ1) is 25.6. The van der Waals surface area contributed by atoms with Crippen LogP contribution in [0.4, 0.5) is 0 Å². The van der Waals surface area contributed by atoms with E-state index >= 15 is 0 Å². The number of nitrogens with two attached hydrogens (primary N) is 1. The van der Waals surface area contributed by atoms with Gasteiger partial charge >= 0.3 is 0 Å². The molecule has 1 atom stereocenters. The summed E-state index contributed by atoms with van der Waals surface area (Å²) < 4.78 is 5.35. The highest BCUT2D eigenvalue weighted by Crippen LogP contribution is 2.21. The van der Waals surface area contributed by atoms with Crippen LogP contribution in [-0.4, -0.2) is 54.7 Å². The molecule has 1 unspecified atom stereocenters. The molecule has 1 amide bonds. The lowest BCUT2D eigenvalue weighted by Crippen LogP contribution is -2.48. The number of aryl methyl sites for hydroxylation is 1. The maximum absolute atomic E-state index is 12.3.